The Morgan fingerprint density at radius 2 is 1.91 bits per heavy atom. The molecule has 2 aromatic carbocycles. The highest BCUT2D eigenvalue weighted by Crippen LogP contribution is 2.24. The van der Waals surface area contributed by atoms with Gasteiger partial charge in [0.15, 0.2) is 0 Å². The highest BCUT2D eigenvalue weighted by Gasteiger charge is 2.07. The fraction of sp³-hybridized carbons (Fsp3) is 0.278. The molecule has 0 fully saturated rings. The van der Waals surface area contributed by atoms with Crippen LogP contribution in [-0.2, 0) is 6.42 Å². The minimum atomic E-state index is -0.253. The van der Waals surface area contributed by atoms with Crippen LogP contribution in [0.5, 0.6) is 11.5 Å². The number of benzene rings is 2. The van der Waals surface area contributed by atoms with Crippen LogP contribution in [0.1, 0.15) is 11.1 Å². The van der Waals surface area contributed by atoms with Gasteiger partial charge in [-0.25, -0.2) is 4.79 Å². The summed E-state index contributed by atoms with van der Waals surface area (Å²) in [7, 11) is 3.22. The van der Waals surface area contributed by atoms with E-state index in [-0.39, 0.29) is 6.03 Å². The molecule has 0 spiro atoms. The van der Waals surface area contributed by atoms with Gasteiger partial charge in [0, 0.05) is 6.54 Å². The maximum absolute atomic E-state index is 12.0. The first-order valence-corrected chi connectivity index (χ1v) is 7.45. The van der Waals surface area contributed by atoms with Gasteiger partial charge in [0.25, 0.3) is 0 Å². The lowest BCUT2D eigenvalue weighted by atomic mass is 10.1. The molecular weight excluding hydrogens is 292 g/mol. The number of amides is 2. The van der Waals surface area contributed by atoms with Gasteiger partial charge in [-0.2, -0.15) is 0 Å². The van der Waals surface area contributed by atoms with E-state index in [0.717, 1.165) is 23.3 Å². The molecule has 122 valence electrons. The van der Waals surface area contributed by atoms with Gasteiger partial charge >= 0.3 is 6.03 Å². The average Bonchev–Trinajstić information content (AvgIpc) is 2.55. The number of carbonyl (C=O) groups excluding carboxylic acids is 1. The SMILES string of the molecule is COc1cccc(CCNC(=O)Nc2cc(C)ccc2OC)c1. The topological polar surface area (TPSA) is 59.6 Å². The van der Waals surface area contributed by atoms with Crippen molar-refractivity contribution in [3.8, 4) is 11.5 Å². The molecule has 2 amide bonds. The number of rotatable bonds is 6. The third-order valence-corrected chi connectivity index (χ3v) is 3.44. The number of hydrogen-bond acceptors (Lipinski definition) is 3. The van der Waals surface area contributed by atoms with Gasteiger partial charge in [0.2, 0.25) is 0 Å². The third-order valence-electron chi connectivity index (χ3n) is 3.44. The summed E-state index contributed by atoms with van der Waals surface area (Å²) >= 11 is 0. The third kappa shape index (κ3) is 4.92. The van der Waals surface area contributed by atoms with Crippen molar-refractivity contribution in [3.63, 3.8) is 0 Å². The zero-order valence-corrected chi connectivity index (χ0v) is 13.7. The first-order valence-electron chi connectivity index (χ1n) is 7.45. The van der Waals surface area contributed by atoms with Crippen molar-refractivity contribution in [2.45, 2.75) is 13.3 Å². The van der Waals surface area contributed by atoms with E-state index in [1.54, 1.807) is 14.2 Å². The van der Waals surface area contributed by atoms with Crippen molar-refractivity contribution in [1.82, 2.24) is 5.32 Å². The Morgan fingerprint density at radius 3 is 2.65 bits per heavy atom. The lowest BCUT2D eigenvalue weighted by Gasteiger charge is -2.12. The maximum Gasteiger partial charge on any atom is 0.319 e. The first kappa shape index (κ1) is 16.7. The molecular formula is C18H22N2O3. The van der Waals surface area contributed by atoms with E-state index in [2.05, 4.69) is 10.6 Å². The number of carbonyl (C=O) groups is 1. The second-order valence-electron chi connectivity index (χ2n) is 5.19. The molecule has 2 aromatic rings. The molecule has 2 rings (SSSR count). The molecule has 2 N–H and O–H groups in total. The highest BCUT2D eigenvalue weighted by molar-refractivity contribution is 5.91. The molecule has 0 unspecified atom stereocenters. The van der Waals surface area contributed by atoms with Crippen molar-refractivity contribution in [2.24, 2.45) is 0 Å². The smallest absolute Gasteiger partial charge is 0.319 e. The predicted octanol–water partition coefficient (Wildman–Crippen LogP) is 3.38. The Bertz CT molecular complexity index is 671. The lowest BCUT2D eigenvalue weighted by Crippen LogP contribution is -2.30. The Balaban J connectivity index is 1.87. The van der Waals surface area contributed by atoms with Crippen molar-refractivity contribution >= 4 is 11.7 Å². The van der Waals surface area contributed by atoms with E-state index < -0.39 is 0 Å². The van der Waals surface area contributed by atoms with Gasteiger partial charge < -0.3 is 20.1 Å². The molecule has 0 saturated carbocycles. The summed E-state index contributed by atoms with van der Waals surface area (Å²) in [6.07, 6.45) is 0.732. The zero-order chi connectivity index (χ0) is 16.7. The number of aryl methyl sites for hydroxylation is 1. The number of hydrogen-bond donors (Lipinski definition) is 2. The molecule has 5 nitrogen and oxygen atoms in total. The normalized spacial score (nSPS) is 10.0. The summed E-state index contributed by atoms with van der Waals surface area (Å²) in [4.78, 5) is 12.0. The van der Waals surface area contributed by atoms with Crippen molar-refractivity contribution in [1.29, 1.82) is 0 Å². The minimum absolute atomic E-state index is 0.253. The molecule has 0 bridgehead atoms. The molecule has 0 atom stereocenters. The summed E-state index contributed by atoms with van der Waals surface area (Å²) in [6, 6.07) is 13.2. The van der Waals surface area contributed by atoms with Crippen LogP contribution in [-0.4, -0.2) is 26.8 Å². The van der Waals surface area contributed by atoms with Crippen LogP contribution in [0, 0.1) is 6.92 Å². The Kier molecular flexibility index (Phi) is 5.86. The number of nitrogens with one attached hydrogen (secondary N) is 2. The Labute approximate surface area is 136 Å². The van der Waals surface area contributed by atoms with Crippen molar-refractivity contribution in [2.75, 3.05) is 26.1 Å². The first-order chi connectivity index (χ1) is 11.1. The Hall–Kier alpha value is -2.69. The maximum atomic E-state index is 12.0. The Morgan fingerprint density at radius 1 is 1.09 bits per heavy atom. The summed E-state index contributed by atoms with van der Waals surface area (Å²) in [5.74, 6) is 1.45. The van der Waals surface area contributed by atoms with E-state index in [1.807, 2.05) is 49.4 Å². The molecule has 0 aromatic heterocycles. The average molecular weight is 314 g/mol. The number of ether oxygens (including phenoxy) is 2. The minimum Gasteiger partial charge on any atom is -0.497 e. The number of methoxy groups -OCH3 is 2. The van der Waals surface area contributed by atoms with Crippen LogP contribution in [0.4, 0.5) is 10.5 Å². The van der Waals surface area contributed by atoms with Gasteiger partial charge in [0.1, 0.15) is 11.5 Å². The van der Waals surface area contributed by atoms with Crippen LogP contribution in [0.2, 0.25) is 0 Å². The van der Waals surface area contributed by atoms with Crippen LogP contribution >= 0.6 is 0 Å². The number of urea groups is 1. The van der Waals surface area contributed by atoms with Crippen LogP contribution in [0.15, 0.2) is 42.5 Å². The number of anilines is 1. The second-order valence-corrected chi connectivity index (χ2v) is 5.19. The summed E-state index contributed by atoms with van der Waals surface area (Å²) in [6.45, 7) is 2.50. The second kappa shape index (κ2) is 8.08. The lowest BCUT2D eigenvalue weighted by molar-refractivity contribution is 0.252. The fourth-order valence-electron chi connectivity index (χ4n) is 2.23. The quantitative estimate of drug-likeness (QED) is 0.859. The van der Waals surface area contributed by atoms with Crippen LogP contribution in [0.25, 0.3) is 0 Å². The van der Waals surface area contributed by atoms with E-state index in [4.69, 9.17) is 9.47 Å². The molecule has 5 heteroatoms. The van der Waals surface area contributed by atoms with E-state index in [9.17, 15) is 4.79 Å². The van der Waals surface area contributed by atoms with Gasteiger partial charge in [-0.3, -0.25) is 0 Å². The highest BCUT2D eigenvalue weighted by atomic mass is 16.5. The molecule has 0 aliphatic heterocycles. The van der Waals surface area contributed by atoms with Gasteiger partial charge in [0.05, 0.1) is 19.9 Å². The molecule has 0 heterocycles. The van der Waals surface area contributed by atoms with Crippen molar-refractivity contribution < 1.29 is 14.3 Å². The zero-order valence-electron chi connectivity index (χ0n) is 13.7. The molecule has 23 heavy (non-hydrogen) atoms. The summed E-state index contributed by atoms with van der Waals surface area (Å²) in [5.41, 5.74) is 2.82. The standard InChI is InChI=1S/C18H22N2O3/c1-13-7-8-17(23-3)16(11-13)20-18(21)19-10-9-14-5-4-6-15(12-14)22-2/h4-8,11-12H,9-10H2,1-3H3,(H2,19,20,21). The van der Waals surface area contributed by atoms with Crippen molar-refractivity contribution in [3.05, 3.63) is 53.6 Å². The monoisotopic (exact) mass is 314 g/mol. The summed E-state index contributed by atoms with van der Waals surface area (Å²) < 4.78 is 10.4. The van der Waals surface area contributed by atoms with Gasteiger partial charge in [-0.05, 0) is 48.7 Å². The van der Waals surface area contributed by atoms with E-state index >= 15 is 0 Å². The van der Waals surface area contributed by atoms with Crippen LogP contribution in [0.3, 0.4) is 0 Å². The fourth-order valence-corrected chi connectivity index (χ4v) is 2.23. The molecule has 0 aliphatic carbocycles. The van der Waals surface area contributed by atoms with Gasteiger partial charge in [-0.15, -0.1) is 0 Å². The van der Waals surface area contributed by atoms with Gasteiger partial charge in [-0.1, -0.05) is 18.2 Å². The van der Waals surface area contributed by atoms with Crippen LogP contribution < -0.4 is 20.1 Å². The molecule has 0 radical (unpaired) electrons. The molecule has 0 aliphatic rings. The summed E-state index contributed by atoms with van der Waals surface area (Å²) in [5, 5.41) is 5.65. The largest absolute Gasteiger partial charge is 0.497 e. The predicted molar refractivity (Wildman–Crippen MR) is 91.5 cm³/mol. The van der Waals surface area contributed by atoms with E-state index in [1.165, 1.54) is 0 Å². The van der Waals surface area contributed by atoms with E-state index in [0.29, 0.717) is 18.0 Å². The molecule has 0 saturated heterocycles.